The highest BCUT2D eigenvalue weighted by atomic mass is 16.2. The number of carbonyl (C=O) groups excluding carboxylic acids is 2. The Hall–Kier alpha value is -4.26. The van der Waals surface area contributed by atoms with Gasteiger partial charge in [-0.3, -0.25) is 9.59 Å². The normalized spacial score (nSPS) is 12.5. The van der Waals surface area contributed by atoms with E-state index in [2.05, 4.69) is 21.7 Å². The van der Waals surface area contributed by atoms with Crippen LogP contribution < -0.4 is 10.2 Å². The predicted octanol–water partition coefficient (Wildman–Crippen LogP) is 4.34. The maximum atomic E-state index is 13.0. The number of nitrogens with one attached hydrogen (secondary N) is 1. The Balaban J connectivity index is 1.30. The summed E-state index contributed by atoms with van der Waals surface area (Å²) in [6.07, 6.45) is 0.860. The zero-order valence-electron chi connectivity index (χ0n) is 18.4. The van der Waals surface area contributed by atoms with Crippen molar-refractivity contribution in [2.24, 2.45) is 0 Å². The largest absolute Gasteiger partial charge is 0.321 e. The Morgan fingerprint density at radius 3 is 2.52 bits per heavy atom. The van der Waals surface area contributed by atoms with Gasteiger partial charge in [0.2, 0.25) is 0 Å². The second kappa shape index (κ2) is 8.35. The number of aryl methyl sites for hydroxylation is 1. The average molecular weight is 438 g/mol. The molecule has 2 heterocycles. The second-order valence-corrected chi connectivity index (χ2v) is 8.14. The number of para-hydroxylation sites is 1. The summed E-state index contributed by atoms with van der Waals surface area (Å²) in [5.41, 5.74) is 6.17. The number of anilines is 2. The summed E-state index contributed by atoms with van der Waals surface area (Å²) in [4.78, 5) is 27.6. The lowest BCUT2D eigenvalue weighted by atomic mass is 10.1. The second-order valence-electron chi connectivity index (χ2n) is 8.14. The van der Waals surface area contributed by atoms with Gasteiger partial charge in [0.25, 0.3) is 11.8 Å². The van der Waals surface area contributed by atoms with Crippen molar-refractivity contribution in [3.63, 3.8) is 0 Å². The highest BCUT2D eigenvalue weighted by Gasteiger charge is 2.25. The Labute approximate surface area is 191 Å². The molecule has 0 bridgehead atoms. The summed E-state index contributed by atoms with van der Waals surface area (Å²) in [7, 11) is 0. The SMILES string of the molecule is Cc1cccc(-n2nnc(C(=O)Nc3ccc(C(=O)N4CCc5ccccc54)cc3)c2C)c1. The van der Waals surface area contributed by atoms with Crippen LogP contribution in [0.3, 0.4) is 0 Å². The molecule has 0 unspecified atom stereocenters. The number of rotatable bonds is 4. The van der Waals surface area contributed by atoms with Crippen LogP contribution in [0.1, 0.15) is 37.7 Å². The van der Waals surface area contributed by atoms with Crippen LogP contribution in [0.25, 0.3) is 5.69 Å². The summed E-state index contributed by atoms with van der Waals surface area (Å²) in [5.74, 6) is -0.395. The first-order chi connectivity index (χ1) is 16.0. The van der Waals surface area contributed by atoms with Gasteiger partial charge in [-0.25, -0.2) is 4.68 Å². The van der Waals surface area contributed by atoms with E-state index in [4.69, 9.17) is 0 Å². The van der Waals surface area contributed by atoms with E-state index >= 15 is 0 Å². The molecule has 3 aromatic carbocycles. The third kappa shape index (κ3) is 3.89. The molecule has 164 valence electrons. The lowest BCUT2D eigenvalue weighted by Crippen LogP contribution is -2.28. The molecule has 0 atom stereocenters. The van der Waals surface area contributed by atoms with Gasteiger partial charge in [-0.1, -0.05) is 35.5 Å². The van der Waals surface area contributed by atoms with Crippen molar-refractivity contribution in [2.45, 2.75) is 20.3 Å². The van der Waals surface area contributed by atoms with Gasteiger partial charge in [0.05, 0.1) is 11.4 Å². The number of aromatic nitrogens is 3. The molecular weight excluding hydrogens is 414 g/mol. The highest BCUT2D eigenvalue weighted by molar-refractivity contribution is 6.08. The van der Waals surface area contributed by atoms with Crippen LogP contribution in [0, 0.1) is 13.8 Å². The van der Waals surface area contributed by atoms with E-state index in [1.54, 1.807) is 33.8 Å². The van der Waals surface area contributed by atoms with Gasteiger partial charge in [-0.05, 0) is 73.9 Å². The monoisotopic (exact) mass is 437 g/mol. The smallest absolute Gasteiger partial charge is 0.278 e. The quantitative estimate of drug-likeness (QED) is 0.515. The lowest BCUT2D eigenvalue weighted by Gasteiger charge is -2.17. The first-order valence-electron chi connectivity index (χ1n) is 10.8. The van der Waals surface area contributed by atoms with E-state index in [0.29, 0.717) is 23.5 Å². The number of benzene rings is 3. The average Bonchev–Trinajstić information content (AvgIpc) is 3.43. The van der Waals surface area contributed by atoms with Crippen molar-refractivity contribution in [3.05, 3.63) is 101 Å². The molecule has 0 radical (unpaired) electrons. The molecule has 0 aliphatic carbocycles. The van der Waals surface area contributed by atoms with Crippen molar-refractivity contribution in [3.8, 4) is 5.69 Å². The first kappa shape index (κ1) is 20.6. The van der Waals surface area contributed by atoms with E-state index in [1.807, 2.05) is 56.3 Å². The van der Waals surface area contributed by atoms with Gasteiger partial charge >= 0.3 is 0 Å². The van der Waals surface area contributed by atoms with E-state index in [0.717, 1.165) is 23.4 Å². The fraction of sp³-hybridized carbons (Fsp3) is 0.154. The van der Waals surface area contributed by atoms with Gasteiger partial charge in [0.1, 0.15) is 0 Å². The molecule has 7 nitrogen and oxygen atoms in total. The summed E-state index contributed by atoms with van der Waals surface area (Å²) >= 11 is 0. The van der Waals surface area contributed by atoms with Gasteiger partial charge in [0.15, 0.2) is 5.69 Å². The van der Waals surface area contributed by atoms with Gasteiger partial charge in [-0.15, -0.1) is 5.10 Å². The van der Waals surface area contributed by atoms with Crippen molar-refractivity contribution in [1.82, 2.24) is 15.0 Å². The third-order valence-electron chi connectivity index (χ3n) is 5.88. The lowest BCUT2D eigenvalue weighted by molar-refractivity contribution is 0.0988. The summed E-state index contributed by atoms with van der Waals surface area (Å²) in [6.45, 7) is 4.49. The van der Waals surface area contributed by atoms with Crippen molar-refractivity contribution >= 4 is 23.2 Å². The van der Waals surface area contributed by atoms with Crippen molar-refractivity contribution in [1.29, 1.82) is 0 Å². The zero-order valence-corrected chi connectivity index (χ0v) is 18.4. The highest BCUT2D eigenvalue weighted by Crippen LogP contribution is 2.29. The van der Waals surface area contributed by atoms with Crippen molar-refractivity contribution < 1.29 is 9.59 Å². The first-order valence-corrected chi connectivity index (χ1v) is 10.8. The van der Waals surface area contributed by atoms with Crippen LogP contribution in [0.15, 0.2) is 72.8 Å². The molecule has 2 amide bonds. The van der Waals surface area contributed by atoms with Crippen LogP contribution in [0.2, 0.25) is 0 Å². The van der Waals surface area contributed by atoms with Gasteiger partial charge in [-0.2, -0.15) is 0 Å². The molecule has 1 aliphatic heterocycles. The molecule has 1 aromatic heterocycles. The van der Waals surface area contributed by atoms with Crippen LogP contribution >= 0.6 is 0 Å². The number of hydrogen-bond acceptors (Lipinski definition) is 4. The minimum Gasteiger partial charge on any atom is -0.321 e. The zero-order chi connectivity index (χ0) is 22.9. The van der Waals surface area contributed by atoms with Crippen LogP contribution in [-0.2, 0) is 6.42 Å². The Morgan fingerprint density at radius 2 is 1.73 bits per heavy atom. The third-order valence-corrected chi connectivity index (χ3v) is 5.88. The number of fused-ring (bicyclic) bond motifs is 1. The maximum absolute atomic E-state index is 13.0. The molecule has 5 rings (SSSR count). The fourth-order valence-corrected chi connectivity index (χ4v) is 4.14. The van der Waals surface area contributed by atoms with E-state index in [-0.39, 0.29) is 17.5 Å². The number of amides is 2. The molecular formula is C26H23N5O2. The summed E-state index contributed by atoms with van der Waals surface area (Å²) in [6, 6.07) is 22.7. The molecule has 33 heavy (non-hydrogen) atoms. The van der Waals surface area contributed by atoms with E-state index in [1.165, 1.54) is 5.56 Å². The minimum absolute atomic E-state index is 0.0465. The summed E-state index contributed by atoms with van der Waals surface area (Å²) < 4.78 is 1.65. The Bertz CT molecular complexity index is 1360. The topological polar surface area (TPSA) is 80.1 Å². The van der Waals surface area contributed by atoms with Crippen molar-refractivity contribution in [2.75, 3.05) is 16.8 Å². The Morgan fingerprint density at radius 1 is 0.939 bits per heavy atom. The Kier molecular flexibility index (Phi) is 5.22. The predicted molar refractivity (Wildman–Crippen MR) is 127 cm³/mol. The van der Waals surface area contributed by atoms with E-state index in [9.17, 15) is 9.59 Å². The molecule has 0 fully saturated rings. The molecule has 7 heteroatoms. The van der Waals surface area contributed by atoms with Crippen LogP contribution in [0.5, 0.6) is 0 Å². The van der Waals surface area contributed by atoms with Crippen LogP contribution in [-0.4, -0.2) is 33.4 Å². The number of carbonyl (C=O) groups is 2. The molecule has 0 saturated heterocycles. The minimum atomic E-state index is -0.348. The van der Waals surface area contributed by atoms with E-state index < -0.39 is 0 Å². The van der Waals surface area contributed by atoms with Gasteiger partial charge in [0, 0.05) is 23.5 Å². The molecule has 1 N–H and O–H groups in total. The van der Waals surface area contributed by atoms with Crippen LogP contribution in [0.4, 0.5) is 11.4 Å². The maximum Gasteiger partial charge on any atom is 0.278 e. The molecule has 0 saturated carbocycles. The molecule has 4 aromatic rings. The standard InChI is InChI=1S/C26H23N5O2/c1-17-6-5-8-22(16-17)31-18(2)24(28-29-31)25(32)27-21-12-10-20(11-13-21)26(33)30-15-14-19-7-3-4-9-23(19)30/h3-13,16H,14-15H2,1-2H3,(H,27,32). The fourth-order valence-electron chi connectivity index (χ4n) is 4.14. The molecule has 0 spiro atoms. The number of hydrogen-bond donors (Lipinski definition) is 1. The number of nitrogens with zero attached hydrogens (tertiary/aromatic N) is 4. The summed E-state index contributed by atoms with van der Waals surface area (Å²) in [5, 5.41) is 11.1. The molecule has 1 aliphatic rings. The van der Waals surface area contributed by atoms with Gasteiger partial charge < -0.3 is 10.2 Å².